The number of hydrogen-bond donors (Lipinski definition) is 2. The van der Waals surface area contributed by atoms with Crippen LogP contribution >= 0.6 is 0 Å². The summed E-state index contributed by atoms with van der Waals surface area (Å²) in [5.41, 5.74) is 10.7. The minimum Gasteiger partial charge on any atom is -0.321 e. The van der Waals surface area contributed by atoms with Crippen LogP contribution in [0.5, 0.6) is 0 Å². The molecule has 2 aromatic rings. The average Bonchev–Trinajstić information content (AvgIpc) is 2.84. The van der Waals surface area contributed by atoms with Crippen molar-refractivity contribution in [2.75, 3.05) is 0 Å². The Hall–Kier alpha value is -1.61. The number of aromatic amines is 1. The van der Waals surface area contributed by atoms with Gasteiger partial charge in [0.15, 0.2) is 0 Å². The van der Waals surface area contributed by atoms with Crippen molar-refractivity contribution >= 4 is 0 Å². The standard InChI is InChI=1S/C13H15N3/c1-9-2-4-10(5-3-9)12-11(8-15-16-12)13(14)6-7-13/h2-5,8H,6-7,14H2,1H3,(H,15,16). The molecule has 16 heavy (non-hydrogen) atoms. The maximum atomic E-state index is 6.22. The van der Waals surface area contributed by atoms with E-state index in [4.69, 9.17) is 5.73 Å². The van der Waals surface area contributed by atoms with Crippen molar-refractivity contribution in [1.29, 1.82) is 0 Å². The number of aryl methyl sites for hydroxylation is 1. The summed E-state index contributed by atoms with van der Waals surface area (Å²) in [6.45, 7) is 2.09. The third-order valence-electron chi connectivity index (χ3n) is 3.30. The van der Waals surface area contributed by atoms with Crippen molar-refractivity contribution in [3.8, 4) is 11.3 Å². The van der Waals surface area contributed by atoms with Gasteiger partial charge in [-0.1, -0.05) is 29.8 Å². The maximum Gasteiger partial charge on any atom is 0.0700 e. The third kappa shape index (κ3) is 1.44. The van der Waals surface area contributed by atoms with Crippen molar-refractivity contribution in [3.05, 3.63) is 41.6 Å². The molecule has 1 heterocycles. The van der Waals surface area contributed by atoms with E-state index in [9.17, 15) is 0 Å². The highest BCUT2D eigenvalue weighted by Crippen LogP contribution is 2.45. The zero-order chi connectivity index (χ0) is 11.2. The molecular weight excluding hydrogens is 198 g/mol. The van der Waals surface area contributed by atoms with E-state index >= 15 is 0 Å². The van der Waals surface area contributed by atoms with Gasteiger partial charge >= 0.3 is 0 Å². The predicted molar refractivity (Wildman–Crippen MR) is 63.9 cm³/mol. The summed E-state index contributed by atoms with van der Waals surface area (Å²) in [7, 11) is 0. The van der Waals surface area contributed by atoms with Gasteiger partial charge in [0, 0.05) is 11.1 Å². The molecule has 82 valence electrons. The van der Waals surface area contributed by atoms with Gasteiger partial charge < -0.3 is 5.73 Å². The Bertz CT molecular complexity index is 506. The lowest BCUT2D eigenvalue weighted by molar-refractivity contribution is 0.743. The molecular formula is C13H15N3. The molecule has 0 radical (unpaired) electrons. The molecule has 1 aromatic carbocycles. The number of nitrogens with one attached hydrogen (secondary N) is 1. The molecule has 1 aliphatic rings. The SMILES string of the molecule is Cc1ccc(-c2[nH]ncc2C2(N)CC2)cc1. The van der Waals surface area contributed by atoms with Crippen LogP contribution in [0.15, 0.2) is 30.5 Å². The fourth-order valence-electron chi connectivity index (χ4n) is 2.01. The maximum absolute atomic E-state index is 6.22. The van der Waals surface area contributed by atoms with Crippen LogP contribution in [0, 0.1) is 6.92 Å². The molecule has 0 bridgehead atoms. The van der Waals surface area contributed by atoms with Crippen LogP contribution in [0.25, 0.3) is 11.3 Å². The summed E-state index contributed by atoms with van der Waals surface area (Å²) in [5, 5.41) is 7.18. The number of nitrogens with zero attached hydrogens (tertiary/aromatic N) is 1. The Balaban J connectivity index is 2.06. The smallest absolute Gasteiger partial charge is 0.0700 e. The summed E-state index contributed by atoms with van der Waals surface area (Å²) in [4.78, 5) is 0. The summed E-state index contributed by atoms with van der Waals surface area (Å²) < 4.78 is 0. The van der Waals surface area contributed by atoms with Gasteiger partial charge in [-0.3, -0.25) is 5.10 Å². The van der Waals surface area contributed by atoms with Gasteiger partial charge in [-0.2, -0.15) is 5.10 Å². The van der Waals surface area contributed by atoms with Gasteiger partial charge in [0.1, 0.15) is 0 Å². The zero-order valence-electron chi connectivity index (χ0n) is 9.33. The highest BCUT2D eigenvalue weighted by molar-refractivity contribution is 5.65. The zero-order valence-corrected chi connectivity index (χ0v) is 9.33. The van der Waals surface area contributed by atoms with Gasteiger partial charge in [0.2, 0.25) is 0 Å². The van der Waals surface area contributed by atoms with E-state index in [1.807, 2.05) is 6.20 Å². The first-order valence-electron chi connectivity index (χ1n) is 5.59. The molecule has 1 aliphatic carbocycles. The molecule has 0 atom stereocenters. The summed E-state index contributed by atoms with van der Waals surface area (Å²) >= 11 is 0. The van der Waals surface area contributed by atoms with Crippen molar-refractivity contribution in [2.24, 2.45) is 5.73 Å². The molecule has 1 aromatic heterocycles. The van der Waals surface area contributed by atoms with Gasteiger partial charge in [-0.25, -0.2) is 0 Å². The lowest BCUT2D eigenvalue weighted by Crippen LogP contribution is -2.18. The molecule has 0 saturated heterocycles. The van der Waals surface area contributed by atoms with Crippen LogP contribution in [0.4, 0.5) is 0 Å². The predicted octanol–water partition coefficient (Wildman–Crippen LogP) is 2.33. The van der Waals surface area contributed by atoms with Gasteiger partial charge in [-0.15, -0.1) is 0 Å². The lowest BCUT2D eigenvalue weighted by atomic mass is 10.0. The molecule has 0 aliphatic heterocycles. The Morgan fingerprint density at radius 2 is 1.94 bits per heavy atom. The van der Waals surface area contributed by atoms with Gasteiger partial charge in [0.25, 0.3) is 0 Å². The summed E-state index contributed by atoms with van der Waals surface area (Å²) in [6.07, 6.45) is 3.99. The molecule has 0 unspecified atom stereocenters. The molecule has 1 fully saturated rings. The number of rotatable bonds is 2. The van der Waals surface area contributed by atoms with Crippen molar-refractivity contribution < 1.29 is 0 Å². The largest absolute Gasteiger partial charge is 0.321 e. The lowest BCUT2D eigenvalue weighted by Gasteiger charge is -2.09. The van der Waals surface area contributed by atoms with E-state index in [0.717, 1.165) is 29.7 Å². The second kappa shape index (κ2) is 3.19. The number of benzene rings is 1. The first-order chi connectivity index (χ1) is 7.69. The topological polar surface area (TPSA) is 54.7 Å². The van der Waals surface area contributed by atoms with Crippen LogP contribution in [-0.2, 0) is 5.54 Å². The fourth-order valence-corrected chi connectivity index (χ4v) is 2.01. The molecule has 3 N–H and O–H groups in total. The van der Waals surface area contributed by atoms with Gasteiger partial charge in [-0.05, 0) is 25.3 Å². The summed E-state index contributed by atoms with van der Waals surface area (Å²) in [5.74, 6) is 0. The van der Waals surface area contributed by atoms with E-state index in [1.54, 1.807) is 0 Å². The first-order valence-corrected chi connectivity index (χ1v) is 5.59. The van der Waals surface area contributed by atoms with E-state index in [2.05, 4.69) is 41.4 Å². The highest BCUT2D eigenvalue weighted by Gasteiger charge is 2.42. The van der Waals surface area contributed by atoms with Crippen LogP contribution in [0.1, 0.15) is 24.0 Å². The monoisotopic (exact) mass is 213 g/mol. The van der Waals surface area contributed by atoms with E-state index in [1.165, 1.54) is 5.56 Å². The van der Waals surface area contributed by atoms with Crippen molar-refractivity contribution in [3.63, 3.8) is 0 Å². The van der Waals surface area contributed by atoms with Crippen LogP contribution in [0.2, 0.25) is 0 Å². The van der Waals surface area contributed by atoms with Crippen molar-refractivity contribution in [2.45, 2.75) is 25.3 Å². The molecule has 0 spiro atoms. The average molecular weight is 213 g/mol. The van der Waals surface area contributed by atoms with Crippen molar-refractivity contribution in [1.82, 2.24) is 10.2 Å². The normalized spacial score (nSPS) is 17.4. The van der Waals surface area contributed by atoms with E-state index in [-0.39, 0.29) is 5.54 Å². The van der Waals surface area contributed by atoms with Crippen LogP contribution < -0.4 is 5.73 Å². The van der Waals surface area contributed by atoms with Crippen LogP contribution in [0.3, 0.4) is 0 Å². The van der Waals surface area contributed by atoms with E-state index < -0.39 is 0 Å². The molecule has 0 amide bonds. The van der Waals surface area contributed by atoms with Gasteiger partial charge in [0.05, 0.1) is 11.9 Å². The minimum absolute atomic E-state index is 0.132. The fraction of sp³-hybridized carbons (Fsp3) is 0.308. The number of aromatic nitrogens is 2. The Morgan fingerprint density at radius 3 is 2.56 bits per heavy atom. The summed E-state index contributed by atoms with van der Waals surface area (Å²) in [6, 6.07) is 8.43. The van der Waals surface area contributed by atoms with Crippen LogP contribution in [-0.4, -0.2) is 10.2 Å². The quantitative estimate of drug-likeness (QED) is 0.804. The Morgan fingerprint density at radius 1 is 1.25 bits per heavy atom. The molecule has 1 saturated carbocycles. The minimum atomic E-state index is -0.132. The highest BCUT2D eigenvalue weighted by atomic mass is 15.1. The second-order valence-electron chi connectivity index (χ2n) is 4.68. The number of nitrogens with two attached hydrogens (primary N) is 1. The molecule has 3 rings (SSSR count). The molecule has 3 heteroatoms. The van der Waals surface area contributed by atoms with E-state index in [0.29, 0.717) is 0 Å². The Labute approximate surface area is 94.7 Å². The number of hydrogen-bond acceptors (Lipinski definition) is 2. The first kappa shape index (κ1) is 9.60. The second-order valence-corrected chi connectivity index (χ2v) is 4.68. The Kier molecular flexibility index (Phi) is 1.91. The number of H-pyrrole nitrogens is 1. The third-order valence-corrected chi connectivity index (χ3v) is 3.30. The molecule has 3 nitrogen and oxygen atoms in total.